The van der Waals surface area contributed by atoms with Crippen LogP contribution in [0.25, 0.3) is 0 Å². The van der Waals surface area contributed by atoms with Gasteiger partial charge in [-0.15, -0.1) is 0 Å². The zero-order chi connectivity index (χ0) is 4.50. The molecule has 0 saturated heterocycles. The van der Waals surface area contributed by atoms with Gasteiger partial charge >= 0.3 is 32.7 Å². The predicted molar refractivity (Wildman–Crippen MR) is 16.7 cm³/mol. The summed E-state index contributed by atoms with van der Waals surface area (Å²) in [4.78, 5) is 0. The topological polar surface area (TPSA) is 104 Å². The summed E-state index contributed by atoms with van der Waals surface area (Å²) in [5.74, 6) is 0. The monoisotopic (exact) mass is 190 g/mol. The Morgan fingerprint density at radius 1 is 0.833 bits per heavy atom. The molecule has 0 aromatic heterocycles. The molecule has 0 aliphatic rings. The van der Waals surface area contributed by atoms with E-state index < -0.39 is 13.7 Å². The molecule has 6 heteroatoms. The van der Waals surface area contributed by atoms with Crippen LogP contribution in [0.5, 0.6) is 0 Å². The molecule has 0 fully saturated rings. The van der Waals surface area contributed by atoms with Crippen molar-refractivity contribution in [1.29, 1.82) is 0 Å². The van der Waals surface area contributed by atoms with Crippen molar-refractivity contribution >= 4 is 0 Å². The molecule has 0 spiro atoms. The summed E-state index contributed by atoms with van der Waals surface area (Å²) < 4.78 is 19.1. The number of hydrogen-bond donors (Lipinski definition) is 4. The zero-order valence-corrected chi connectivity index (χ0v) is 4.80. The van der Waals surface area contributed by atoms with Gasteiger partial charge in [0.1, 0.15) is 0 Å². The molecule has 0 aromatic rings. The van der Waals surface area contributed by atoms with E-state index in [0.717, 1.165) is 0 Å². The first-order valence-electron chi connectivity index (χ1n) is 0.696. The van der Waals surface area contributed by atoms with Crippen LogP contribution in [0, 0.1) is 0 Å². The third-order valence-electron chi connectivity index (χ3n) is 0. The van der Waals surface area contributed by atoms with E-state index >= 15 is 0 Å². The van der Waals surface area contributed by atoms with Crippen LogP contribution < -0.4 is 19.0 Å². The molecule has 0 aliphatic heterocycles. The molecule has 0 heterocycles. The van der Waals surface area contributed by atoms with Gasteiger partial charge in [0.15, 0.2) is 0 Å². The van der Waals surface area contributed by atoms with E-state index in [1.54, 1.807) is 0 Å². The van der Waals surface area contributed by atoms with Crippen molar-refractivity contribution in [2.45, 2.75) is 0 Å². The predicted octanol–water partition coefficient (Wildman–Crippen LogP) is -2.37. The van der Waals surface area contributed by atoms with Crippen LogP contribution in [0.4, 0.5) is 0 Å². The van der Waals surface area contributed by atoms with Gasteiger partial charge in [0.05, 0.1) is 0 Å². The summed E-state index contributed by atoms with van der Waals surface area (Å²) in [6.45, 7) is 0. The second kappa shape index (κ2) is 2.96. The molecule has 8 N–H and O–H groups in total. The Kier molecular flexibility index (Phi) is 4.92. The molecular weight excluding hydrogens is 183 g/mol. The third kappa shape index (κ3) is 95.0. The fraction of sp³-hybridized carbons (Fsp3) is 0. The standard InChI is InChI=1S/2Cu.4H2N/h;;4*1H2/q;+4;4*-1. The van der Waals surface area contributed by atoms with E-state index in [4.69, 9.17) is 19.0 Å². The Morgan fingerprint density at radius 2 is 0.833 bits per heavy atom. The van der Waals surface area contributed by atoms with Gasteiger partial charge in [0.25, 0.3) is 0 Å². The fourth-order valence-electron chi connectivity index (χ4n) is 0. The van der Waals surface area contributed by atoms with Gasteiger partial charge in [0.2, 0.25) is 0 Å². The molecule has 0 aliphatic carbocycles. The van der Waals surface area contributed by atoms with E-state index in [1.165, 1.54) is 0 Å². The maximum absolute atomic E-state index is 4.77. The maximum atomic E-state index is 4.77. The van der Waals surface area contributed by atoms with Crippen molar-refractivity contribution in [3.05, 3.63) is 0 Å². The molecule has 0 atom stereocenters. The summed E-state index contributed by atoms with van der Waals surface area (Å²) in [5.41, 5.74) is 0. The average Bonchev–Trinajstić information content (AvgIpc) is 0.722. The first kappa shape index (κ1) is 9.99. The van der Waals surface area contributed by atoms with Crippen molar-refractivity contribution < 1.29 is 30.8 Å². The molecule has 0 saturated carbocycles. The third-order valence-corrected chi connectivity index (χ3v) is 0. The van der Waals surface area contributed by atoms with Gasteiger partial charge in [-0.2, -0.15) is 0 Å². The van der Waals surface area contributed by atoms with Gasteiger partial charge < -0.3 is 0 Å². The van der Waals surface area contributed by atoms with Gasteiger partial charge in [0, 0.05) is 17.1 Å². The number of nitrogens with two attached hydrogens (primary N) is 4. The van der Waals surface area contributed by atoms with Gasteiger partial charge in [-0.05, 0) is 0 Å². The second-order valence-electron chi connectivity index (χ2n) is 0.603. The second-order valence-corrected chi connectivity index (χ2v) is 2.49. The van der Waals surface area contributed by atoms with Gasteiger partial charge in [-0.1, -0.05) is 0 Å². The van der Waals surface area contributed by atoms with E-state index in [1.807, 2.05) is 0 Å². The molecule has 0 bridgehead atoms. The van der Waals surface area contributed by atoms with Crippen molar-refractivity contribution in [2.24, 2.45) is 19.0 Å². The first-order valence-corrected chi connectivity index (χ1v) is 2.87. The molecule has 50 valence electrons. The summed E-state index contributed by atoms with van der Waals surface area (Å²) in [6, 6.07) is 0. The Balaban J connectivity index is 0. The summed E-state index contributed by atoms with van der Waals surface area (Å²) in [6.07, 6.45) is 0. The normalized spacial score (nSPS) is 12.7. The SMILES string of the molecule is [Cu].[NH2][Cu]([NH2])([NH2])[NH2]. The summed E-state index contributed by atoms with van der Waals surface area (Å²) >= 11 is -2.12. The minimum atomic E-state index is -2.12. The molecule has 1 radical (unpaired) electrons. The van der Waals surface area contributed by atoms with Crippen LogP contribution in [0.1, 0.15) is 0 Å². The van der Waals surface area contributed by atoms with Crippen LogP contribution in [-0.2, 0) is 30.8 Å². The van der Waals surface area contributed by atoms with Crippen LogP contribution in [0.15, 0.2) is 0 Å². The summed E-state index contributed by atoms with van der Waals surface area (Å²) in [5, 5.41) is 0. The van der Waals surface area contributed by atoms with E-state index in [2.05, 4.69) is 0 Å². The Hall–Kier alpha value is 0.879. The molecule has 0 aromatic carbocycles. The average molecular weight is 191 g/mol. The fourth-order valence-corrected chi connectivity index (χ4v) is 0. The van der Waals surface area contributed by atoms with E-state index in [-0.39, 0.29) is 17.1 Å². The minimum absolute atomic E-state index is 0. The van der Waals surface area contributed by atoms with Crippen LogP contribution >= 0.6 is 0 Å². The first-order chi connectivity index (χ1) is 2.00. The molecule has 6 heavy (non-hydrogen) atoms. The molecule has 0 unspecified atom stereocenters. The Labute approximate surface area is 50.1 Å². The van der Waals surface area contributed by atoms with Crippen LogP contribution in [-0.4, -0.2) is 0 Å². The number of rotatable bonds is 0. The Morgan fingerprint density at radius 3 is 0.833 bits per heavy atom. The van der Waals surface area contributed by atoms with Gasteiger partial charge in [-0.25, -0.2) is 0 Å². The van der Waals surface area contributed by atoms with Crippen molar-refractivity contribution in [3.63, 3.8) is 0 Å². The van der Waals surface area contributed by atoms with Gasteiger partial charge in [-0.3, -0.25) is 0 Å². The molecule has 0 amide bonds. The summed E-state index contributed by atoms with van der Waals surface area (Å²) in [7, 11) is 0. The van der Waals surface area contributed by atoms with Crippen molar-refractivity contribution in [2.75, 3.05) is 0 Å². The van der Waals surface area contributed by atoms with Crippen LogP contribution in [0.3, 0.4) is 0 Å². The number of hydrogen-bond acceptors (Lipinski definition) is 4. The zero-order valence-electron chi connectivity index (χ0n) is 2.91. The van der Waals surface area contributed by atoms with Crippen molar-refractivity contribution in [3.8, 4) is 0 Å². The van der Waals surface area contributed by atoms with Crippen LogP contribution in [0.2, 0.25) is 0 Å². The van der Waals surface area contributed by atoms with Crippen molar-refractivity contribution in [1.82, 2.24) is 0 Å². The quantitative estimate of drug-likeness (QED) is 0.321. The molecule has 4 nitrogen and oxygen atoms in total. The molecular formula is H8Cu2N4. The van der Waals surface area contributed by atoms with E-state index in [0.29, 0.717) is 0 Å². The molecule has 0 rings (SSSR count). The Bertz CT molecular complexity index is 21.0. The van der Waals surface area contributed by atoms with E-state index in [9.17, 15) is 0 Å².